The lowest BCUT2D eigenvalue weighted by Crippen LogP contribution is -2.37. The summed E-state index contributed by atoms with van der Waals surface area (Å²) in [6.07, 6.45) is 0.0461. The van der Waals surface area contributed by atoms with Crippen molar-refractivity contribution in [3.63, 3.8) is 0 Å². The maximum atomic E-state index is 12.7. The Morgan fingerprint density at radius 3 is 2.69 bits per heavy atom. The van der Waals surface area contributed by atoms with E-state index in [2.05, 4.69) is 4.72 Å². The Bertz CT molecular complexity index is 857. The first-order chi connectivity index (χ1) is 12.3. The number of hydrogen-bond acceptors (Lipinski definition) is 4. The van der Waals surface area contributed by atoms with Crippen molar-refractivity contribution in [2.24, 2.45) is 0 Å². The Labute approximate surface area is 156 Å². The molecule has 0 spiro atoms. The van der Waals surface area contributed by atoms with Crippen LogP contribution in [0.4, 0.5) is 0 Å². The van der Waals surface area contributed by atoms with Gasteiger partial charge in [0.1, 0.15) is 16.7 Å². The monoisotopic (exact) mass is 373 g/mol. The van der Waals surface area contributed by atoms with Crippen molar-refractivity contribution in [2.75, 3.05) is 6.61 Å². The topological polar surface area (TPSA) is 75.6 Å². The Morgan fingerprint density at radius 1 is 1.23 bits per heavy atom. The smallest absolute Gasteiger partial charge is 0.263 e. The minimum absolute atomic E-state index is 0.382. The van der Waals surface area contributed by atoms with Crippen LogP contribution in [0.2, 0.25) is 0 Å². The summed E-state index contributed by atoms with van der Waals surface area (Å²) in [6.45, 7) is 5.88. The van der Waals surface area contributed by atoms with Crippen LogP contribution in [0.25, 0.3) is 11.1 Å². The van der Waals surface area contributed by atoms with Crippen LogP contribution in [-0.2, 0) is 11.0 Å². The molecule has 1 amide bonds. The molecule has 0 fully saturated rings. The van der Waals surface area contributed by atoms with Gasteiger partial charge in [-0.05, 0) is 44.0 Å². The van der Waals surface area contributed by atoms with Crippen LogP contribution >= 0.6 is 0 Å². The van der Waals surface area contributed by atoms with E-state index in [9.17, 15) is 14.1 Å². The average molecular weight is 373 g/mol. The zero-order valence-corrected chi connectivity index (χ0v) is 15.9. The molecule has 0 saturated heterocycles. The van der Waals surface area contributed by atoms with Crippen LogP contribution in [0.1, 0.15) is 49.2 Å². The summed E-state index contributed by atoms with van der Waals surface area (Å²) in [5, 5.41) is 10.1. The predicted octanol–water partition coefficient (Wildman–Crippen LogP) is 3.36. The second-order valence-electron chi connectivity index (χ2n) is 7.26. The van der Waals surface area contributed by atoms with Gasteiger partial charge in [-0.1, -0.05) is 30.3 Å². The highest BCUT2D eigenvalue weighted by Gasteiger charge is 2.24. The van der Waals surface area contributed by atoms with Gasteiger partial charge in [-0.15, -0.1) is 0 Å². The van der Waals surface area contributed by atoms with Gasteiger partial charge in [0.2, 0.25) is 0 Å². The number of rotatable bonds is 3. The first kappa shape index (κ1) is 18.6. The van der Waals surface area contributed by atoms with E-state index in [1.165, 1.54) is 0 Å². The van der Waals surface area contributed by atoms with Gasteiger partial charge in [0.25, 0.3) is 5.91 Å². The number of fused-ring (bicyclic) bond motifs is 1. The van der Waals surface area contributed by atoms with Gasteiger partial charge in [0, 0.05) is 17.5 Å². The fourth-order valence-corrected chi connectivity index (χ4v) is 3.35. The van der Waals surface area contributed by atoms with Crippen molar-refractivity contribution < 1.29 is 18.8 Å². The Balaban J connectivity index is 1.95. The van der Waals surface area contributed by atoms with Gasteiger partial charge in [0.05, 0.1) is 17.5 Å². The second kappa shape index (κ2) is 7.21. The van der Waals surface area contributed by atoms with Crippen molar-refractivity contribution in [1.82, 2.24) is 4.72 Å². The molecule has 0 aromatic heterocycles. The standard InChI is InChI=1S/C20H23NO4S/c1-20(2,3)26(24)21-19(23)15-7-5-4-6-14(15)13-8-9-16-17(22)10-11-25-18(16)12-13/h4-9,12,17,22H,10-11H2,1-3H3,(H,21,23)/t17-,26?/m0/s1. The molecule has 1 aliphatic heterocycles. The van der Waals surface area contributed by atoms with Crippen LogP contribution in [0.5, 0.6) is 5.75 Å². The van der Waals surface area contributed by atoms with Gasteiger partial charge in [-0.2, -0.15) is 0 Å². The molecule has 6 heteroatoms. The normalized spacial score (nSPS) is 17.8. The Morgan fingerprint density at radius 2 is 1.96 bits per heavy atom. The van der Waals surface area contributed by atoms with Crippen LogP contribution in [0.15, 0.2) is 42.5 Å². The molecule has 5 nitrogen and oxygen atoms in total. The lowest BCUT2D eigenvalue weighted by atomic mass is 9.95. The maximum Gasteiger partial charge on any atom is 0.263 e. The number of hydrogen-bond donors (Lipinski definition) is 2. The largest absolute Gasteiger partial charge is 0.493 e. The van der Waals surface area contributed by atoms with Crippen molar-refractivity contribution in [3.05, 3.63) is 53.6 Å². The Kier molecular flexibility index (Phi) is 5.16. The first-order valence-corrected chi connectivity index (χ1v) is 9.69. The minimum atomic E-state index is -1.50. The number of aliphatic hydroxyl groups excluding tert-OH is 1. The second-order valence-corrected chi connectivity index (χ2v) is 9.23. The average Bonchev–Trinajstić information content (AvgIpc) is 2.60. The molecule has 0 saturated carbocycles. The highest BCUT2D eigenvalue weighted by atomic mass is 32.2. The summed E-state index contributed by atoms with van der Waals surface area (Å²) >= 11 is 0. The van der Waals surface area contributed by atoms with E-state index in [1.54, 1.807) is 32.9 Å². The Hall–Kier alpha value is -2.18. The zero-order valence-electron chi connectivity index (χ0n) is 15.1. The molecule has 2 atom stereocenters. The third kappa shape index (κ3) is 3.81. The van der Waals surface area contributed by atoms with Gasteiger partial charge in [-0.25, -0.2) is 4.21 Å². The molecule has 2 N–H and O–H groups in total. The molecule has 1 aliphatic rings. The lowest BCUT2D eigenvalue weighted by molar-refractivity contribution is 0.0982. The van der Waals surface area contributed by atoms with Crippen LogP contribution in [-0.4, -0.2) is 26.6 Å². The van der Waals surface area contributed by atoms with Crippen LogP contribution in [0, 0.1) is 0 Å². The maximum absolute atomic E-state index is 12.7. The third-order valence-electron chi connectivity index (χ3n) is 4.25. The highest BCUT2D eigenvalue weighted by molar-refractivity contribution is 7.85. The number of ether oxygens (including phenoxy) is 1. The molecular weight excluding hydrogens is 350 g/mol. The van der Waals surface area contributed by atoms with E-state index < -0.39 is 21.8 Å². The summed E-state index contributed by atoms with van der Waals surface area (Å²) in [5.74, 6) is 0.252. The van der Waals surface area contributed by atoms with E-state index in [1.807, 2.05) is 30.3 Å². The minimum Gasteiger partial charge on any atom is -0.493 e. The molecular formula is C20H23NO4S. The summed E-state index contributed by atoms with van der Waals surface area (Å²) in [4.78, 5) is 12.7. The molecule has 0 radical (unpaired) electrons. The fraction of sp³-hybridized carbons (Fsp3) is 0.350. The van der Waals surface area contributed by atoms with Crippen molar-refractivity contribution in [2.45, 2.75) is 38.0 Å². The van der Waals surface area contributed by atoms with Gasteiger partial charge < -0.3 is 9.84 Å². The van der Waals surface area contributed by atoms with Crippen molar-refractivity contribution in [3.8, 4) is 16.9 Å². The molecule has 1 unspecified atom stereocenters. The van der Waals surface area contributed by atoms with E-state index in [0.29, 0.717) is 24.3 Å². The van der Waals surface area contributed by atoms with Gasteiger partial charge >= 0.3 is 0 Å². The molecule has 0 aliphatic carbocycles. The quantitative estimate of drug-likeness (QED) is 0.865. The number of amides is 1. The molecule has 2 aromatic rings. The summed E-state index contributed by atoms with van der Waals surface area (Å²) in [6, 6.07) is 12.7. The number of benzene rings is 2. The van der Waals surface area contributed by atoms with E-state index in [0.717, 1.165) is 16.7 Å². The SMILES string of the molecule is CC(C)(C)S(=O)NC(=O)c1ccccc1-c1ccc2c(c1)OCC[C@@H]2O. The van der Waals surface area contributed by atoms with E-state index in [4.69, 9.17) is 4.74 Å². The molecule has 2 aromatic carbocycles. The summed E-state index contributed by atoms with van der Waals surface area (Å²) in [5.41, 5.74) is 2.74. The van der Waals surface area contributed by atoms with Crippen molar-refractivity contribution >= 4 is 16.9 Å². The molecule has 3 rings (SSSR count). The van der Waals surface area contributed by atoms with E-state index >= 15 is 0 Å². The summed E-state index contributed by atoms with van der Waals surface area (Å²) < 4.78 is 19.9. The fourth-order valence-electron chi connectivity index (χ4n) is 2.76. The van der Waals surface area contributed by atoms with Gasteiger partial charge in [0.15, 0.2) is 0 Å². The molecule has 0 bridgehead atoms. The molecule has 1 heterocycles. The highest BCUT2D eigenvalue weighted by Crippen LogP contribution is 2.36. The van der Waals surface area contributed by atoms with Gasteiger partial charge in [-0.3, -0.25) is 9.52 Å². The summed E-state index contributed by atoms with van der Waals surface area (Å²) in [7, 11) is -1.50. The molecule has 138 valence electrons. The van der Waals surface area contributed by atoms with E-state index in [-0.39, 0.29) is 5.91 Å². The number of carbonyl (C=O) groups excluding carboxylic acids is 1. The first-order valence-electron chi connectivity index (χ1n) is 8.54. The lowest BCUT2D eigenvalue weighted by Gasteiger charge is -2.23. The number of nitrogens with one attached hydrogen (secondary N) is 1. The van der Waals surface area contributed by atoms with Crippen molar-refractivity contribution in [1.29, 1.82) is 0 Å². The predicted molar refractivity (Wildman–Crippen MR) is 102 cm³/mol. The molecule has 26 heavy (non-hydrogen) atoms. The van der Waals surface area contributed by atoms with Crippen LogP contribution < -0.4 is 9.46 Å². The number of carbonyl (C=O) groups is 1. The zero-order chi connectivity index (χ0) is 18.9. The number of aliphatic hydroxyl groups is 1. The van der Waals surface area contributed by atoms with Crippen LogP contribution in [0.3, 0.4) is 0 Å². The third-order valence-corrected chi connectivity index (χ3v) is 5.73.